The smallest absolute Gasteiger partial charge is 0.338 e. The Kier molecular flexibility index (Phi) is 5.79. The van der Waals surface area contributed by atoms with E-state index < -0.39 is 5.97 Å². The van der Waals surface area contributed by atoms with E-state index in [-0.39, 0.29) is 12.2 Å². The molecule has 0 bridgehead atoms. The molecule has 0 aliphatic heterocycles. The van der Waals surface area contributed by atoms with Gasteiger partial charge in [-0.1, -0.05) is 12.7 Å². The van der Waals surface area contributed by atoms with Gasteiger partial charge in [0, 0.05) is 4.88 Å². The number of nitrogens with one attached hydrogen (secondary N) is 1. The Morgan fingerprint density at radius 2 is 2.11 bits per heavy atom. The number of rotatable bonds is 7. The number of carbonyl (C=O) groups excluding carboxylic acids is 1. The number of methoxy groups -OCH3 is 1. The number of aryl methyl sites for hydroxylation is 2. The summed E-state index contributed by atoms with van der Waals surface area (Å²) in [7, 11) is 1.49. The number of hydrogen-bond donors (Lipinski definition) is 1. The van der Waals surface area contributed by atoms with Gasteiger partial charge < -0.3 is 19.2 Å². The van der Waals surface area contributed by atoms with Crippen molar-refractivity contribution in [3.8, 4) is 11.5 Å². The zero-order chi connectivity index (χ0) is 20.3. The summed E-state index contributed by atoms with van der Waals surface area (Å²) in [5, 5.41) is 0.581. The second kappa shape index (κ2) is 8.26. The second-order valence-corrected chi connectivity index (χ2v) is 7.22. The third kappa shape index (κ3) is 3.91. The average Bonchev–Trinajstić information content (AvgIpc) is 2.98. The lowest BCUT2D eigenvalue weighted by Gasteiger charge is -2.11. The van der Waals surface area contributed by atoms with Gasteiger partial charge >= 0.3 is 5.97 Å². The van der Waals surface area contributed by atoms with E-state index in [1.807, 2.05) is 13.8 Å². The number of carbonyl (C=O) groups is 1. The number of fused-ring (bicyclic) bond motifs is 1. The van der Waals surface area contributed by atoms with Crippen molar-refractivity contribution in [1.82, 2.24) is 9.97 Å². The van der Waals surface area contributed by atoms with Crippen molar-refractivity contribution in [1.29, 1.82) is 0 Å². The molecule has 0 saturated heterocycles. The Balaban J connectivity index is 1.76. The predicted molar refractivity (Wildman–Crippen MR) is 108 cm³/mol. The van der Waals surface area contributed by atoms with E-state index >= 15 is 0 Å². The van der Waals surface area contributed by atoms with E-state index in [0.29, 0.717) is 39.7 Å². The minimum Gasteiger partial charge on any atom is -0.493 e. The van der Waals surface area contributed by atoms with Crippen LogP contribution in [0.3, 0.4) is 0 Å². The SMILES string of the molecule is C=CCOc1ccc(C(=O)OCc2nc3sc(C)c(C)c3c(=O)[nH]2)cc1OC. The van der Waals surface area contributed by atoms with E-state index in [4.69, 9.17) is 14.2 Å². The van der Waals surface area contributed by atoms with Gasteiger partial charge in [-0.2, -0.15) is 0 Å². The van der Waals surface area contributed by atoms with Gasteiger partial charge in [0.2, 0.25) is 0 Å². The summed E-state index contributed by atoms with van der Waals surface area (Å²) >= 11 is 1.44. The normalized spacial score (nSPS) is 10.7. The summed E-state index contributed by atoms with van der Waals surface area (Å²) in [6.45, 7) is 7.60. The van der Waals surface area contributed by atoms with Crippen LogP contribution < -0.4 is 15.0 Å². The predicted octanol–water partition coefficient (Wildman–Crippen LogP) is 3.53. The molecule has 0 aliphatic carbocycles. The van der Waals surface area contributed by atoms with Gasteiger partial charge in [-0.05, 0) is 37.6 Å². The minimum absolute atomic E-state index is 0.142. The van der Waals surface area contributed by atoms with E-state index in [1.54, 1.807) is 18.2 Å². The van der Waals surface area contributed by atoms with Crippen LogP contribution in [0, 0.1) is 13.8 Å². The Morgan fingerprint density at radius 3 is 2.82 bits per heavy atom. The van der Waals surface area contributed by atoms with Crippen LogP contribution in [0.5, 0.6) is 11.5 Å². The molecule has 146 valence electrons. The Labute approximate surface area is 165 Å². The molecule has 28 heavy (non-hydrogen) atoms. The van der Waals surface area contributed by atoms with Crippen LogP contribution in [-0.2, 0) is 11.3 Å². The van der Waals surface area contributed by atoms with E-state index in [0.717, 1.165) is 10.4 Å². The van der Waals surface area contributed by atoms with Crippen LogP contribution in [0.4, 0.5) is 0 Å². The molecule has 7 nitrogen and oxygen atoms in total. The molecule has 3 aromatic rings. The summed E-state index contributed by atoms with van der Waals surface area (Å²) in [4.78, 5) is 33.4. The second-order valence-electron chi connectivity index (χ2n) is 6.02. The number of nitrogens with zero attached hydrogens (tertiary/aromatic N) is 1. The molecule has 0 atom stereocenters. The van der Waals surface area contributed by atoms with Crippen molar-refractivity contribution < 1.29 is 19.0 Å². The van der Waals surface area contributed by atoms with Crippen molar-refractivity contribution in [3.05, 3.63) is 63.0 Å². The largest absolute Gasteiger partial charge is 0.493 e. The lowest BCUT2D eigenvalue weighted by Crippen LogP contribution is -2.14. The van der Waals surface area contributed by atoms with Crippen LogP contribution in [0.2, 0.25) is 0 Å². The average molecular weight is 400 g/mol. The fourth-order valence-corrected chi connectivity index (χ4v) is 3.70. The van der Waals surface area contributed by atoms with E-state index in [1.165, 1.54) is 24.5 Å². The van der Waals surface area contributed by atoms with Crippen molar-refractivity contribution in [2.75, 3.05) is 13.7 Å². The molecule has 0 amide bonds. The lowest BCUT2D eigenvalue weighted by atomic mass is 10.2. The number of thiophene rings is 1. The van der Waals surface area contributed by atoms with Crippen LogP contribution in [-0.4, -0.2) is 29.7 Å². The van der Waals surface area contributed by atoms with Gasteiger partial charge in [-0.15, -0.1) is 11.3 Å². The highest BCUT2D eigenvalue weighted by atomic mass is 32.1. The number of H-pyrrole nitrogens is 1. The molecule has 0 aliphatic rings. The Morgan fingerprint density at radius 1 is 1.32 bits per heavy atom. The number of aromatic amines is 1. The van der Waals surface area contributed by atoms with Gasteiger partial charge in [0.05, 0.1) is 18.1 Å². The van der Waals surface area contributed by atoms with Crippen molar-refractivity contribution in [3.63, 3.8) is 0 Å². The first kappa shape index (κ1) is 19.6. The van der Waals surface area contributed by atoms with Crippen LogP contribution in [0.15, 0.2) is 35.6 Å². The molecule has 0 fully saturated rings. The highest BCUT2D eigenvalue weighted by Gasteiger charge is 2.15. The van der Waals surface area contributed by atoms with Gasteiger partial charge in [0.1, 0.15) is 23.9 Å². The van der Waals surface area contributed by atoms with Crippen molar-refractivity contribution in [2.45, 2.75) is 20.5 Å². The first-order valence-corrected chi connectivity index (χ1v) is 9.34. The van der Waals surface area contributed by atoms with Crippen LogP contribution >= 0.6 is 11.3 Å². The molecule has 0 radical (unpaired) electrons. The van der Waals surface area contributed by atoms with Crippen molar-refractivity contribution in [2.24, 2.45) is 0 Å². The Bertz CT molecular complexity index is 1100. The maximum atomic E-state index is 12.4. The molecule has 2 heterocycles. The summed E-state index contributed by atoms with van der Waals surface area (Å²) in [6.07, 6.45) is 1.61. The fourth-order valence-electron chi connectivity index (χ4n) is 2.65. The molecule has 0 spiro atoms. The first-order valence-electron chi connectivity index (χ1n) is 8.52. The monoisotopic (exact) mass is 400 g/mol. The molecule has 0 unspecified atom stereocenters. The fraction of sp³-hybridized carbons (Fsp3) is 0.250. The number of hydrogen-bond acceptors (Lipinski definition) is 7. The topological polar surface area (TPSA) is 90.5 Å². The maximum Gasteiger partial charge on any atom is 0.338 e. The minimum atomic E-state index is -0.560. The molecule has 3 rings (SSSR count). The van der Waals surface area contributed by atoms with Gasteiger partial charge in [-0.25, -0.2) is 9.78 Å². The Hall–Kier alpha value is -3.13. The number of benzene rings is 1. The number of aromatic nitrogens is 2. The van der Waals surface area contributed by atoms with Gasteiger partial charge in [-0.3, -0.25) is 4.79 Å². The molecule has 2 aromatic heterocycles. The van der Waals surface area contributed by atoms with Crippen molar-refractivity contribution >= 4 is 27.5 Å². The molecule has 8 heteroatoms. The third-order valence-corrected chi connectivity index (χ3v) is 5.29. The first-order chi connectivity index (χ1) is 13.4. The van der Waals surface area contributed by atoms with Crippen LogP contribution in [0.1, 0.15) is 26.6 Å². The maximum absolute atomic E-state index is 12.4. The molecule has 1 N–H and O–H groups in total. The summed E-state index contributed by atoms with van der Waals surface area (Å²) in [5.41, 5.74) is 0.987. The molecule has 1 aromatic carbocycles. The summed E-state index contributed by atoms with van der Waals surface area (Å²) in [5.74, 6) is 0.646. The highest BCUT2D eigenvalue weighted by Crippen LogP contribution is 2.29. The number of ether oxygens (including phenoxy) is 3. The van der Waals surface area contributed by atoms with Gasteiger partial charge in [0.25, 0.3) is 5.56 Å². The summed E-state index contributed by atoms with van der Waals surface area (Å²) in [6, 6.07) is 4.74. The molecular formula is C20H20N2O5S. The standard InChI is InChI=1S/C20H20N2O5S/c1-5-8-26-14-7-6-13(9-15(14)25-4)20(24)27-10-16-21-18(23)17-11(2)12(3)28-19(17)22-16/h5-7,9H,1,8,10H2,2-4H3,(H,21,22,23). The number of esters is 1. The lowest BCUT2D eigenvalue weighted by molar-refractivity contribution is 0.0462. The third-order valence-electron chi connectivity index (χ3n) is 4.18. The molecular weight excluding hydrogens is 380 g/mol. The quantitative estimate of drug-likeness (QED) is 0.482. The van der Waals surface area contributed by atoms with Gasteiger partial charge in [0.15, 0.2) is 11.5 Å². The van der Waals surface area contributed by atoms with Crippen LogP contribution in [0.25, 0.3) is 10.2 Å². The van der Waals surface area contributed by atoms with E-state index in [9.17, 15) is 9.59 Å². The molecule has 0 saturated carbocycles. The summed E-state index contributed by atoms with van der Waals surface area (Å²) < 4.78 is 16.0. The zero-order valence-electron chi connectivity index (χ0n) is 15.8. The highest BCUT2D eigenvalue weighted by molar-refractivity contribution is 7.18. The van der Waals surface area contributed by atoms with E-state index in [2.05, 4.69) is 16.5 Å². The zero-order valence-corrected chi connectivity index (χ0v) is 16.6.